The highest BCUT2D eigenvalue weighted by molar-refractivity contribution is 7.99. The number of carbonyl (C=O) groups excluding carboxylic acids is 1. The SMILES string of the molecule is COc1cccc(NC(=O)c2cnc3c(c2)N([S+](=O)([O-])c2cccnc2)CCC3)c1. The number of methoxy groups -OCH3 is 1. The summed E-state index contributed by atoms with van der Waals surface area (Å²) < 4.78 is 32.7. The zero-order chi connectivity index (χ0) is 21.1. The van der Waals surface area contributed by atoms with Gasteiger partial charge in [-0.3, -0.25) is 14.8 Å². The van der Waals surface area contributed by atoms with Gasteiger partial charge in [0.2, 0.25) is 0 Å². The molecule has 0 bridgehead atoms. The Kier molecular flexibility index (Phi) is 5.47. The number of carbonyl (C=O) groups is 1. The van der Waals surface area contributed by atoms with Crippen LogP contribution in [-0.2, 0) is 21.0 Å². The fourth-order valence-corrected chi connectivity index (χ4v) is 4.79. The monoisotopic (exact) mass is 424 g/mol. The number of fused-ring (bicyclic) bond motifs is 1. The number of aryl methyl sites for hydroxylation is 1. The van der Waals surface area contributed by atoms with Gasteiger partial charge in [-0.25, -0.2) is 0 Å². The number of pyridine rings is 2. The Morgan fingerprint density at radius 3 is 2.87 bits per heavy atom. The molecule has 1 amide bonds. The number of amides is 1. The van der Waals surface area contributed by atoms with Crippen LogP contribution in [-0.4, -0.2) is 34.1 Å². The summed E-state index contributed by atoms with van der Waals surface area (Å²) in [5, 5.41) is 2.79. The first-order valence-electron chi connectivity index (χ1n) is 9.36. The van der Waals surface area contributed by atoms with Gasteiger partial charge in [0.05, 0.1) is 31.1 Å². The molecule has 154 valence electrons. The van der Waals surface area contributed by atoms with Crippen LogP contribution >= 0.6 is 0 Å². The minimum absolute atomic E-state index is 0.101. The molecule has 1 N–H and O–H groups in total. The first-order valence-corrected chi connectivity index (χ1v) is 10.8. The van der Waals surface area contributed by atoms with Crippen LogP contribution in [0.15, 0.2) is 66.0 Å². The molecule has 3 heterocycles. The molecule has 0 aliphatic carbocycles. The Balaban J connectivity index is 1.65. The summed E-state index contributed by atoms with van der Waals surface area (Å²) in [7, 11) is -2.26. The zero-order valence-corrected chi connectivity index (χ0v) is 17.1. The largest absolute Gasteiger partial charge is 0.588 e. The minimum Gasteiger partial charge on any atom is -0.588 e. The Hall–Kier alpha value is -3.30. The van der Waals surface area contributed by atoms with Crippen molar-refractivity contribution in [2.45, 2.75) is 17.7 Å². The lowest BCUT2D eigenvalue weighted by Gasteiger charge is -2.32. The minimum atomic E-state index is -3.80. The van der Waals surface area contributed by atoms with E-state index in [0.29, 0.717) is 42.2 Å². The predicted molar refractivity (Wildman–Crippen MR) is 112 cm³/mol. The van der Waals surface area contributed by atoms with Gasteiger partial charge in [0, 0.05) is 24.1 Å². The van der Waals surface area contributed by atoms with Crippen LogP contribution in [0.5, 0.6) is 5.75 Å². The summed E-state index contributed by atoms with van der Waals surface area (Å²) in [4.78, 5) is 21.1. The summed E-state index contributed by atoms with van der Waals surface area (Å²) in [6, 6.07) is 11.6. The fraction of sp³-hybridized carbons (Fsp3) is 0.190. The highest BCUT2D eigenvalue weighted by Gasteiger charge is 2.35. The van der Waals surface area contributed by atoms with Gasteiger partial charge in [-0.1, -0.05) is 10.3 Å². The molecule has 0 spiro atoms. The van der Waals surface area contributed by atoms with E-state index in [1.807, 2.05) is 0 Å². The zero-order valence-electron chi connectivity index (χ0n) is 16.3. The average Bonchev–Trinajstić information content (AvgIpc) is 2.79. The van der Waals surface area contributed by atoms with Crippen LogP contribution in [0.3, 0.4) is 0 Å². The van der Waals surface area contributed by atoms with Gasteiger partial charge >= 0.3 is 0 Å². The van der Waals surface area contributed by atoms with E-state index in [1.165, 1.54) is 29.0 Å². The molecule has 1 aliphatic heterocycles. The molecule has 0 radical (unpaired) electrons. The number of nitrogens with one attached hydrogen (secondary N) is 1. The Morgan fingerprint density at radius 2 is 2.10 bits per heavy atom. The smallest absolute Gasteiger partial charge is 0.257 e. The van der Waals surface area contributed by atoms with Crippen LogP contribution in [0.2, 0.25) is 0 Å². The molecule has 1 aliphatic rings. The number of ether oxygens (including phenoxy) is 1. The summed E-state index contributed by atoms with van der Waals surface area (Å²) in [6.45, 7) is 0.312. The van der Waals surface area contributed by atoms with E-state index >= 15 is 0 Å². The van der Waals surface area contributed by atoms with Gasteiger partial charge in [0.15, 0.2) is 15.3 Å². The molecule has 30 heavy (non-hydrogen) atoms. The summed E-state index contributed by atoms with van der Waals surface area (Å²) in [6.07, 6.45) is 5.59. The van der Waals surface area contributed by atoms with Crippen molar-refractivity contribution in [2.75, 3.05) is 23.3 Å². The lowest BCUT2D eigenvalue weighted by molar-refractivity contribution is 0.102. The maximum absolute atomic E-state index is 13.1. The van der Waals surface area contributed by atoms with Crippen LogP contribution in [0.1, 0.15) is 22.5 Å². The predicted octanol–water partition coefficient (Wildman–Crippen LogP) is 3.09. The van der Waals surface area contributed by atoms with Gasteiger partial charge < -0.3 is 14.6 Å². The van der Waals surface area contributed by atoms with E-state index < -0.39 is 10.4 Å². The third kappa shape index (κ3) is 3.89. The molecule has 4 rings (SSSR count). The molecule has 1 aromatic carbocycles. The van der Waals surface area contributed by atoms with Crippen LogP contribution in [0.25, 0.3) is 0 Å². The second kappa shape index (κ2) is 8.21. The first kappa shape index (κ1) is 20.0. The summed E-state index contributed by atoms with van der Waals surface area (Å²) >= 11 is 0. The molecular formula is C21H20N4O4S. The van der Waals surface area contributed by atoms with Crippen LogP contribution in [0, 0.1) is 0 Å². The Morgan fingerprint density at radius 1 is 1.23 bits per heavy atom. The second-order valence-electron chi connectivity index (χ2n) is 6.75. The highest BCUT2D eigenvalue weighted by atomic mass is 32.3. The van der Waals surface area contributed by atoms with Crippen molar-refractivity contribution in [3.05, 3.63) is 72.3 Å². The number of rotatable bonds is 5. The summed E-state index contributed by atoms with van der Waals surface area (Å²) in [5.74, 6) is 0.230. The van der Waals surface area contributed by atoms with Crippen molar-refractivity contribution < 1.29 is 18.3 Å². The van der Waals surface area contributed by atoms with E-state index in [1.54, 1.807) is 43.5 Å². The van der Waals surface area contributed by atoms with Gasteiger partial charge in [-0.05, 0) is 43.2 Å². The lowest BCUT2D eigenvalue weighted by atomic mass is 10.1. The van der Waals surface area contributed by atoms with E-state index in [9.17, 15) is 13.6 Å². The van der Waals surface area contributed by atoms with Gasteiger partial charge in [0.1, 0.15) is 11.4 Å². The quantitative estimate of drug-likeness (QED) is 0.631. The molecule has 0 fully saturated rings. The van der Waals surface area contributed by atoms with Crippen molar-refractivity contribution in [1.82, 2.24) is 9.97 Å². The molecule has 9 heteroatoms. The van der Waals surface area contributed by atoms with Crippen molar-refractivity contribution in [3.8, 4) is 5.75 Å². The van der Waals surface area contributed by atoms with Crippen molar-refractivity contribution >= 4 is 27.7 Å². The number of hydrogen-bond donors (Lipinski definition) is 1. The molecule has 0 saturated carbocycles. The van der Waals surface area contributed by atoms with E-state index in [4.69, 9.17) is 4.74 Å². The number of anilines is 2. The summed E-state index contributed by atoms with van der Waals surface area (Å²) in [5.41, 5.74) is 1.90. The average molecular weight is 424 g/mol. The van der Waals surface area contributed by atoms with Crippen LogP contribution < -0.4 is 14.4 Å². The number of hydrogen-bond acceptors (Lipinski definition) is 6. The second-order valence-corrected chi connectivity index (χ2v) is 8.61. The lowest BCUT2D eigenvalue weighted by Crippen LogP contribution is -2.40. The molecule has 2 aromatic heterocycles. The fourth-order valence-electron chi connectivity index (χ4n) is 3.31. The Labute approximate surface area is 175 Å². The van der Waals surface area contributed by atoms with Gasteiger partial charge in [-0.2, -0.15) is 4.31 Å². The molecule has 3 aromatic rings. The number of nitrogens with zero attached hydrogens (tertiary/aromatic N) is 3. The van der Waals surface area contributed by atoms with Crippen LogP contribution in [0.4, 0.5) is 11.4 Å². The molecule has 8 nitrogen and oxygen atoms in total. The van der Waals surface area contributed by atoms with E-state index in [2.05, 4.69) is 15.3 Å². The van der Waals surface area contributed by atoms with E-state index in [-0.39, 0.29) is 16.4 Å². The molecule has 1 atom stereocenters. The van der Waals surface area contributed by atoms with Crippen molar-refractivity contribution in [3.63, 3.8) is 0 Å². The van der Waals surface area contributed by atoms with Crippen molar-refractivity contribution in [1.29, 1.82) is 0 Å². The first-order chi connectivity index (χ1) is 14.5. The number of benzene rings is 1. The number of aromatic nitrogens is 2. The maximum Gasteiger partial charge on any atom is 0.257 e. The van der Waals surface area contributed by atoms with Crippen molar-refractivity contribution in [2.24, 2.45) is 0 Å². The van der Waals surface area contributed by atoms with Gasteiger partial charge in [-0.15, -0.1) is 0 Å². The molecule has 1 unspecified atom stereocenters. The third-order valence-corrected chi connectivity index (χ3v) is 6.60. The van der Waals surface area contributed by atoms with E-state index in [0.717, 1.165) is 0 Å². The maximum atomic E-state index is 13.1. The number of sulfonamides is 1. The molecule has 0 saturated heterocycles. The standard InChI is InChI=1S/C21H20N4O4S/c1-29-17-6-2-5-16(12-17)24-21(26)15-11-20-19(23-13-15)8-4-10-25(20)30(27,28)18-7-3-9-22-14-18/h2-3,5-7,9,11-14H,4,8,10H2,1H3,(H-,24,26,27,28). The molecular weight excluding hydrogens is 404 g/mol. The Bertz CT molecular complexity index is 1120. The topological polar surface area (TPSA) is 107 Å². The van der Waals surface area contributed by atoms with Gasteiger partial charge in [0.25, 0.3) is 5.91 Å². The highest BCUT2D eigenvalue weighted by Crippen LogP contribution is 2.34. The normalized spacial score (nSPS) is 15.1. The third-order valence-electron chi connectivity index (χ3n) is 4.80.